The van der Waals surface area contributed by atoms with Crippen LogP contribution in [0.25, 0.3) is 11.0 Å². The third-order valence-corrected chi connectivity index (χ3v) is 2.79. The standard InChI is InChI=1S/C15H13N3O/c1-16-11-6-8-12(9-7-11)19-15-10-17-13-4-2-3-5-14(13)18-15/h2-10,16H,1H3. The average molecular weight is 251 g/mol. The number of hydrogen-bond donors (Lipinski definition) is 1. The van der Waals surface area contributed by atoms with Gasteiger partial charge in [0.15, 0.2) is 0 Å². The number of anilines is 1. The Morgan fingerprint density at radius 1 is 0.947 bits per heavy atom. The predicted molar refractivity (Wildman–Crippen MR) is 75.6 cm³/mol. The zero-order valence-electron chi connectivity index (χ0n) is 10.5. The number of benzene rings is 2. The van der Waals surface area contributed by atoms with Gasteiger partial charge in [0.05, 0.1) is 17.2 Å². The van der Waals surface area contributed by atoms with E-state index in [1.807, 2.05) is 55.6 Å². The van der Waals surface area contributed by atoms with Crippen LogP contribution in [0.15, 0.2) is 54.7 Å². The summed E-state index contributed by atoms with van der Waals surface area (Å²) in [7, 11) is 1.88. The largest absolute Gasteiger partial charge is 0.437 e. The monoisotopic (exact) mass is 251 g/mol. The second-order valence-electron chi connectivity index (χ2n) is 4.07. The fourth-order valence-electron chi connectivity index (χ4n) is 1.80. The maximum Gasteiger partial charge on any atom is 0.238 e. The van der Waals surface area contributed by atoms with Crippen LogP contribution >= 0.6 is 0 Å². The number of nitrogens with zero attached hydrogens (tertiary/aromatic N) is 2. The van der Waals surface area contributed by atoms with E-state index in [0.29, 0.717) is 5.88 Å². The minimum absolute atomic E-state index is 0.496. The minimum Gasteiger partial charge on any atom is -0.437 e. The van der Waals surface area contributed by atoms with Gasteiger partial charge in [0, 0.05) is 12.7 Å². The molecule has 0 saturated carbocycles. The molecule has 0 atom stereocenters. The number of hydrogen-bond acceptors (Lipinski definition) is 4. The van der Waals surface area contributed by atoms with Crippen LogP contribution in [-0.2, 0) is 0 Å². The molecule has 3 rings (SSSR count). The van der Waals surface area contributed by atoms with E-state index in [1.165, 1.54) is 0 Å². The van der Waals surface area contributed by atoms with E-state index in [-0.39, 0.29) is 0 Å². The van der Waals surface area contributed by atoms with Crippen molar-refractivity contribution in [2.45, 2.75) is 0 Å². The smallest absolute Gasteiger partial charge is 0.238 e. The molecule has 0 spiro atoms. The van der Waals surface area contributed by atoms with Gasteiger partial charge in [-0.1, -0.05) is 12.1 Å². The summed E-state index contributed by atoms with van der Waals surface area (Å²) in [5.74, 6) is 1.24. The SMILES string of the molecule is CNc1ccc(Oc2cnc3ccccc3n2)cc1. The van der Waals surface area contributed by atoms with Crippen molar-refractivity contribution in [3.63, 3.8) is 0 Å². The Kier molecular flexibility index (Phi) is 2.98. The summed E-state index contributed by atoms with van der Waals surface area (Å²) in [6.45, 7) is 0. The van der Waals surface area contributed by atoms with Crippen LogP contribution in [-0.4, -0.2) is 17.0 Å². The van der Waals surface area contributed by atoms with E-state index in [4.69, 9.17) is 4.74 Å². The molecular weight excluding hydrogens is 238 g/mol. The molecule has 4 heteroatoms. The molecule has 0 aliphatic heterocycles. The highest BCUT2D eigenvalue weighted by Crippen LogP contribution is 2.22. The second kappa shape index (κ2) is 4.94. The summed E-state index contributed by atoms with van der Waals surface area (Å²) >= 11 is 0. The van der Waals surface area contributed by atoms with Crippen molar-refractivity contribution < 1.29 is 4.74 Å². The Morgan fingerprint density at radius 2 is 1.68 bits per heavy atom. The van der Waals surface area contributed by atoms with Gasteiger partial charge in [-0.05, 0) is 36.4 Å². The van der Waals surface area contributed by atoms with Gasteiger partial charge >= 0.3 is 0 Å². The maximum atomic E-state index is 5.68. The molecular formula is C15H13N3O. The molecule has 0 amide bonds. The van der Waals surface area contributed by atoms with E-state index in [0.717, 1.165) is 22.5 Å². The van der Waals surface area contributed by atoms with E-state index < -0.39 is 0 Å². The fourth-order valence-corrected chi connectivity index (χ4v) is 1.80. The van der Waals surface area contributed by atoms with Gasteiger partial charge in [-0.25, -0.2) is 9.97 Å². The highest BCUT2D eigenvalue weighted by Gasteiger charge is 2.01. The molecule has 0 fully saturated rings. The first-order chi connectivity index (χ1) is 9.35. The zero-order chi connectivity index (χ0) is 13.1. The molecule has 0 aliphatic rings. The number of aromatic nitrogens is 2. The molecule has 0 bridgehead atoms. The third kappa shape index (κ3) is 2.47. The number of para-hydroxylation sites is 2. The summed E-state index contributed by atoms with van der Waals surface area (Å²) in [6.07, 6.45) is 1.63. The Labute approximate surface area is 111 Å². The summed E-state index contributed by atoms with van der Waals surface area (Å²) < 4.78 is 5.68. The van der Waals surface area contributed by atoms with Crippen molar-refractivity contribution in [2.24, 2.45) is 0 Å². The van der Waals surface area contributed by atoms with Crippen LogP contribution in [0.1, 0.15) is 0 Å². The lowest BCUT2D eigenvalue weighted by atomic mass is 10.3. The summed E-state index contributed by atoms with van der Waals surface area (Å²) in [6, 6.07) is 15.4. The van der Waals surface area contributed by atoms with Gasteiger partial charge in [-0.3, -0.25) is 0 Å². The molecule has 0 radical (unpaired) electrons. The Bertz CT molecular complexity index is 695. The van der Waals surface area contributed by atoms with E-state index in [1.54, 1.807) is 6.20 Å². The highest BCUT2D eigenvalue weighted by atomic mass is 16.5. The molecule has 1 aromatic heterocycles. The molecule has 0 aliphatic carbocycles. The van der Waals surface area contributed by atoms with Crippen LogP contribution in [0.2, 0.25) is 0 Å². The van der Waals surface area contributed by atoms with Gasteiger partial charge in [0.2, 0.25) is 5.88 Å². The van der Waals surface area contributed by atoms with Crippen LogP contribution in [0.3, 0.4) is 0 Å². The van der Waals surface area contributed by atoms with Crippen molar-refractivity contribution in [1.29, 1.82) is 0 Å². The maximum absolute atomic E-state index is 5.68. The topological polar surface area (TPSA) is 47.0 Å². The van der Waals surface area contributed by atoms with Crippen molar-refractivity contribution in [3.05, 3.63) is 54.7 Å². The molecule has 1 N–H and O–H groups in total. The second-order valence-corrected chi connectivity index (χ2v) is 4.07. The van der Waals surface area contributed by atoms with Crippen LogP contribution in [0.4, 0.5) is 5.69 Å². The van der Waals surface area contributed by atoms with Gasteiger partial charge in [0.1, 0.15) is 5.75 Å². The Hall–Kier alpha value is -2.62. The number of ether oxygens (including phenoxy) is 1. The first kappa shape index (κ1) is 11.5. The summed E-state index contributed by atoms with van der Waals surface area (Å²) in [5, 5.41) is 3.06. The average Bonchev–Trinajstić information content (AvgIpc) is 2.48. The lowest BCUT2D eigenvalue weighted by Crippen LogP contribution is -1.91. The van der Waals surface area contributed by atoms with Crippen LogP contribution < -0.4 is 10.1 Å². The number of fused-ring (bicyclic) bond motifs is 1. The molecule has 19 heavy (non-hydrogen) atoms. The van der Waals surface area contributed by atoms with E-state index in [9.17, 15) is 0 Å². The van der Waals surface area contributed by atoms with Crippen LogP contribution in [0.5, 0.6) is 11.6 Å². The summed E-state index contributed by atoms with van der Waals surface area (Å²) in [5.41, 5.74) is 2.73. The van der Waals surface area contributed by atoms with Gasteiger partial charge in [-0.2, -0.15) is 0 Å². The first-order valence-corrected chi connectivity index (χ1v) is 6.02. The Morgan fingerprint density at radius 3 is 2.42 bits per heavy atom. The van der Waals surface area contributed by atoms with Crippen LogP contribution in [0, 0.1) is 0 Å². The van der Waals surface area contributed by atoms with Gasteiger partial charge in [-0.15, -0.1) is 0 Å². The number of rotatable bonds is 3. The van der Waals surface area contributed by atoms with Gasteiger partial charge in [0.25, 0.3) is 0 Å². The molecule has 0 saturated heterocycles. The van der Waals surface area contributed by atoms with E-state index >= 15 is 0 Å². The highest BCUT2D eigenvalue weighted by molar-refractivity contribution is 5.74. The minimum atomic E-state index is 0.496. The molecule has 2 aromatic carbocycles. The first-order valence-electron chi connectivity index (χ1n) is 6.02. The normalized spacial score (nSPS) is 10.4. The Balaban J connectivity index is 1.87. The van der Waals surface area contributed by atoms with Crippen molar-refractivity contribution in [3.8, 4) is 11.6 Å². The number of nitrogens with one attached hydrogen (secondary N) is 1. The zero-order valence-corrected chi connectivity index (χ0v) is 10.5. The molecule has 94 valence electrons. The molecule has 3 aromatic rings. The van der Waals surface area contributed by atoms with Crippen molar-refractivity contribution >= 4 is 16.7 Å². The predicted octanol–water partition coefficient (Wildman–Crippen LogP) is 3.46. The third-order valence-electron chi connectivity index (χ3n) is 2.79. The van der Waals surface area contributed by atoms with Gasteiger partial charge < -0.3 is 10.1 Å². The molecule has 1 heterocycles. The van der Waals surface area contributed by atoms with Crippen molar-refractivity contribution in [2.75, 3.05) is 12.4 Å². The molecule has 4 nitrogen and oxygen atoms in total. The summed E-state index contributed by atoms with van der Waals surface area (Å²) in [4.78, 5) is 8.72. The lowest BCUT2D eigenvalue weighted by Gasteiger charge is -2.06. The molecule has 0 unspecified atom stereocenters. The van der Waals surface area contributed by atoms with Crippen molar-refractivity contribution in [1.82, 2.24) is 9.97 Å². The fraction of sp³-hybridized carbons (Fsp3) is 0.0667. The quantitative estimate of drug-likeness (QED) is 0.774. The van der Waals surface area contributed by atoms with E-state index in [2.05, 4.69) is 15.3 Å². The lowest BCUT2D eigenvalue weighted by molar-refractivity contribution is 0.463.